The first-order valence-electron chi connectivity index (χ1n) is 3.49. The van der Waals surface area contributed by atoms with Crippen LogP contribution in [-0.2, 0) is 4.74 Å². The molecule has 64 valence electrons. The first kappa shape index (κ1) is 8.29. The fourth-order valence-corrected chi connectivity index (χ4v) is 1.06. The third-order valence-electron chi connectivity index (χ3n) is 1.70. The Morgan fingerprint density at radius 3 is 3.00 bits per heavy atom. The number of hydroxylamine groups is 1. The molecule has 1 aliphatic rings. The van der Waals surface area contributed by atoms with Gasteiger partial charge in [-0.05, 0) is 13.3 Å². The average molecular weight is 159 g/mol. The maximum Gasteiger partial charge on any atom is 0.213 e. The minimum Gasteiger partial charge on any atom is -0.379 e. The summed E-state index contributed by atoms with van der Waals surface area (Å²) < 4.78 is 5.13. The van der Waals surface area contributed by atoms with E-state index in [1.54, 1.807) is 5.48 Å². The lowest BCUT2D eigenvalue weighted by Crippen LogP contribution is -2.34. The number of nitrogens with one attached hydrogen (secondary N) is 1. The molecule has 1 fully saturated rings. The number of guanidine groups is 1. The molecule has 0 amide bonds. The summed E-state index contributed by atoms with van der Waals surface area (Å²) in [6.07, 6.45) is 0.843. The number of hydrogen-bond acceptors (Lipinski definition) is 3. The van der Waals surface area contributed by atoms with Crippen LogP contribution >= 0.6 is 0 Å². The molecule has 0 aromatic rings. The van der Waals surface area contributed by atoms with Crippen molar-refractivity contribution in [2.75, 3.05) is 13.2 Å². The van der Waals surface area contributed by atoms with Gasteiger partial charge in [0.1, 0.15) is 0 Å². The molecule has 1 heterocycles. The third-order valence-corrected chi connectivity index (χ3v) is 1.70. The molecule has 0 radical (unpaired) electrons. The average Bonchev–Trinajstić information content (AvgIpc) is 2.36. The summed E-state index contributed by atoms with van der Waals surface area (Å²) in [6, 6.07) is 0. The van der Waals surface area contributed by atoms with Crippen LogP contribution in [0.1, 0.15) is 13.3 Å². The van der Waals surface area contributed by atoms with Crippen molar-refractivity contribution in [2.24, 2.45) is 10.7 Å². The van der Waals surface area contributed by atoms with Crippen LogP contribution in [0.5, 0.6) is 0 Å². The normalized spacial score (nSPS) is 32.4. The molecule has 4 N–H and O–H groups in total. The molecule has 0 aliphatic carbocycles. The topological polar surface area (TPSA) is 79.9 Å². The predicted octanol–water partition coefficient (Wildman–Crippen LogP) is -0.541. The van der Waals surface area contributed by atoms with Gasteiger partial charge in [0.05, 0.1) is 12.1 Å². The van der Waals surface area contributed by atoms with Gasteiger partial charge in [0.15, 0.2) is 0 Å². The van der Waals surface area contributed by atoms with Crippen molar-refractivity contribution >= 4 is 5.96 Å². The van der Waals surface area contributed by atoms with E-state index in [1.807, 2.05) is 6.92 Å². The largest absolute Gasteiger partial charge is 0.379 e. The van der Waals surface area contributed by atoms with Crippen molar-refractivity contribution in [1.82, 2.24) is 5.48 Å². The summed E-state index contributed by atoms with van der Waals surface area (Å²) in [4.78, 5) is 4.03. The summed E-state index contributed by atoms with van der Waals surface area (Å²) in [5.41, 5.74) is 6.80. The fourth-order valence-electron chi connectivity index (χ4n) is 1.06. The van der Waals surface area contributed by atoms with Gasteiger partial charge < -0.3 is 10.5 Å². The Balaban J connectivity index is 2.58. The van der Waals surface area contributed by atoms with Gasteiger partial charge in [0.2, 0.25) is 5.96 Å². The Labute approximate surface area is 65.2 Å². The van der Waals surface area contributed by atoms with E-state index in [-0.39, 0.29) is 11.5 Å². The number of hydrogen-bond donors (Lipinski definition) is 3. The molecule has 1 aliphatic heterocycles. The van der Waals surface area contributed by atoms with Gasteiger partial charge in [-0.15, -0.1) is 0 Å². The lowest BCUT2D eigenvalue weighted by Gasteiger charge is -2.15. The van der Waals surface area contributed by atoms with Crippen LogP contribution in [0.3, 0.4) is 0 Å². The molecule has 1 saturated heterocycles. The first-order valence-corrected chi connectivity index (χ1v) is 3.49. The molecule has 0 aromatic heterocycles. The highest BCUT2D eigenvalue weighted by atomic mass is 16.5. The van der Waals surface area contributed by atoms with Gasteiger partial charge >= 0.3 is 0 Å². The molecule has 0 saturated carbocycles. The van der Waals surface area contributed by atoms with Crippen molar-refractivity contribution in [1.29, 1.82) is 0 Å². The van der Waals surface area contributed by atoms with Gasteiger partial charge in [-0.2, -0.15) is 0 Å². The fraction of sp³-hybridized carbons (Fsp3) is 0.833. The van der Waals surface area contributed by atoms with Crippen LogP contribution in [0.15, 0.2) is 4.99 Å². The van der Waals surface area contributed by atoms with E-state index < -0.39 is 0 Å². The lowest BCUT2D eigenvalue weighted by atomic mass is 10.0. The Kier molecular flexibility index (Phi) is 2.31. The smallest absolute Gasteiger partial charge is 0.213 e. The van der Waals surface area contributed by atoms with Gasteiger partial charge in [0, 0.05) is 6.61 Å². The second kappa shape index (κ2) is 3.06. The van der Waals surface area contributed by atoms with Gasteiger partial charge in [0.25, 0.3) is 0 Å². The van der Waals surface area contributed by atoms with E-state index in [0.29, 0.717) is 13.2 Å². The highest BCUT2D eigenvalue weighted by Gasteiger charge is 2.29. The number of aliphatic imine (C=N–C) groups is 1. The Morgan fingerprint density at radius 1 is 1.82 bits per heavy atom. The molecule has 1 atom stereocenters. The molecule has 0 spiro atoms. The van der Waals surface area contributed by atoms with E-state index >= 15 is 0 Å². The third kappa shape index (κ3) is 2.06. The van der Waals surface area contributed by atoms with E-state index in [4.69, 9.17) is 15.7 Å². The lowest BCUT2D eigenvalue weighted by molar-refractivity contribution is 0.181. The van der Waals surface area contributed by atoms with Crippen molar-refractivity contribution in [2.45, 2.75) is 18.9 Å². The summed E-state index contributed by atoms with van der Waals surface area (Å²) in [7, 11) is 0. The standard InChI is InChI=1S/C6H13N3O2/c1-6(2-3-11-4-6)8-5(7)9-10/h10H,2-4H2,1H3,(H3,7,8,9). The van der Waals surface area contributed by atoms with Crippen molar-refractivity contribution in [3.63, 3.8) is 0 Å². The SMILES string of the molecule is CC1(N=C(N)NO)CCOC1. The second-order valence-electron chi connectivity index (χ2n) is 2.91. The molecular weight excluding hydrogens is 146 g/mol. The molecule has 1 rings (SSSR count). The molecule has 1 unspecified atom stereocenters. The zero-order chi connectivity index (χ0) is 8.32. The number of rotatable bonds is 1. The maximum absolute atomic E-state index is 8.36. The predicted molar refractivity (Wildman–Crippen MR) is 40.4 cm³/mol. The summed E-state index contributed by atoms with van der Waals surface area (Å²) in [5, 5.41) is 8.36. The Hall–Kier alpha value is -0.810. The molecular formula is C6H13N3O2. The second-order valence-corrected chi connectivity index (χ2v) is 2.91. The van der Waals surface area contributed by atoms with E-state index in [1.165, 1.54) is 0 Å². The van der Waals surface area contributed by atoms with E-state index in [2.05, 4.69) is 4.99 Å². The zero-order valence-electron chi connectivity index (χ0n) is 6.50. The van der Waals surface area contributed by atoms with Crippen molar-refractivity contribution in [3.8, 4) is 0 Å². The first-order chi connectivity index (χ1) is 5.16. The van der Waals surface area contributed by atoms with Crippen LogP contribution in [0, 0.1) is 0 Å². The van der Waals surface area contributed by atoms with Crippen LogP contribution in [0.4, 0.5) is 0 Å². The van der Waals surface area contributed by atoms with Crippen molar-refractivity contribution < 1.29 is 9.94 Å². The Bertz CT molecular complexity index is 163. The Morgan fingerprint density at radius 2 is 2.55 bits per heavy atom. The van der Waals surface area contributed by atoms with Crippen molar-refractivity contribution in [3.05, 3.63) is 0 Å². The molecule has 0 bridgehead atoms. The highest BCUT2D eigenvalue weighted by molar-refractivity contribution is 5.77. The van der Waals surface area contributed by atoms with Gasteiger partial charge in [-0.1, -0.05) is 0 Å². The van der Waals surface area contributed by atoms with Gasteiger partial charge in [-0.3, -0.25) is 5.21 Å². The molecule has 0 aromatic carbocycles. The number of nitrogens with zero attached hydrogens (tertiary/aromatic N) is 1. The van der Waals surface area contributed by atoms with Crippen LogP contribution in [0.25, 0.3) is 0 Å². The highest BCUT2D eigenvalue weighted by Crippen LogP contribution is 2.21. The number of ether oxygens (including phenoxy) is 1. The summed E-state index contributed by atoms with van der Waals surface area (Å²) in [5.74, 6) is 0.0398. The maximum atomic E-state index is 8.36. The summed E-state index contributed by atoms with van der Waals surface area (Å²) in [6.45, 7) is 3.21. The zero-order valence-corrected chi connectivity index (χ0v) is 6.50. The van der Waals surface area contributed by atoms with Crippen LogP contribution < -0.4 is 11.2 Å². The minimum atomic E-state index is -0.264. The monoisotopic (exact) mass is 159 g/mol. The summed E-state index contributed by atoms with van der Waals surface area (Å²) >= 11 is 0. The molecule has 11 heavy (non-hydrogen) atoms. The number of nitrogens with two attached hydrogens (primary N) is 1. The van der Waals surface area contributed by atoms with Gasteiger partial charge in [-0.25, -0.2) is 10.5 Å². The molecule has 5 nitrogen and oxygen atoms in total. The van der Waals surface area contributed by atoms with Crippen LogP contribution in [0.2, 0.25) is 0 Å². The quantitative estimate of drug-likeness (QED) is 0.273. The van der Waals surface area contributed by atoms with Crippen LogP contribution in [-0.4, -0.2) is 29.9 Å². The van der Waals surface area contributed by atoms with E-state index in [9.17, 15) is 0 Å². The minimum absolute atomic E-state index is 0.0398. The molecule has 5 heteroatoms. The van der Waals surface area contributed by atoms with E-state index in [0.717, 1.165) is 6.42 Å².